The Morgan fingerprint density at radius 1 is 1.43 bits per heavy atom. The van der Waals surface area contributed by atoms with Crippen LogP contribution in [0.25, 0.3) is 0 Å². The first kappa shape index (κ1) is 17.3. The van der Waals surface area contributed by atoms with Gasteiger partial charge < -0.3 is 21.1 Å². The largest absolute Gasteiger partial charge is 0.397 e. The highest BCUT2D eigenvalue weighted by Crippen LogP contribution is 2.26. The van der Waals surface area contributed by atoms with Gasteiger partial charge >= 0.3 is 0 Å². The van der Waals surface area contributed by atoms with E-state index in [0.29, 0.717) is 24.6 Å². The standard InChI is InChI=1S/C16H27N3O2/c1-11(2)8-15(20)19(5)12-6-7-14(13(17)9-12)18-10-16(3,4)21/h6-7,9,11,18,21H,8,10,17H2,1-5H3. The highest BCUT2D eigenvalue weighted by molar-refractivity contribution is 5.94. The molecule has 1 rings (SSSR count). The number of benzene rings is 1. The normalized spacial score (nSPS) is 11.6. The van der Waals surface area contributed by atoms with Crippen molar-refractivity contribution < 1.29 is 9.90 Å². The maximum absolute atomic E-state index is 12.0. The molecule has 118 valence electrons. The molecular weight excluding hydrogens is 266 g/mol. The van der Waals surface area contributed by atoms with Gasteiger partial charge in [0.25, 0.3) is 0 Å². The van der Waals surface area contributed by atoms with Crippen molar-refractivity contribution in [2.45, 2.75) is 39.7 Å². The van der Waals surface area contributed by atoms with E-state index in [9.17, 15) is 9.90 Å². The first-order chi connectivity index (χ1) is 9.60. The first-order valence-corrected chi connectivity index (χ1v) is 7.22. The number of rotatable bonds is 6. The van der Waals surface area contributed by atoms with Crippen molar-refractivity contribution in [1.82, 2.24) is 0 Å². The van der Waals surface area contributed by atoms with Gasteiger partial charge in [0.05, 0.1) is 17.0 Å². The third-order valence-corrected chi connectivity index (χ3v) is 3.09. The predicted octanol–water partition coefficient (Wildman–Crippen LogP) is 2.46. The molecule has 0 saturated heterocycles. The van der Waals surface area contributed by atoms with Crippen LogP contribution in [-0.4, -0.2) is 30.2 Å². The van der Waals surface area contributed by atoms with Gasteiger partial charge in [-0.3, -0.25) is 4.79 Å². The summed E-state index contributed by atoms with van der Waals surface area (Å²) in [5.74, 6) is 0.395. The second-order valence-electron chi connectivity index (χ2n) is 6.49. The average Bonchev–Trinajstić information content (AvgIpc) is 2.34. The van der Waals surface area contributed by atoms with E-state index >= 15 is 0 Å². The van der Waals surface area contributed by atoms with Gasteiger partial charge in [0.2, 0.25) is 5.91 Å². The molecule has 0 fully saturated rings. The Hall–Kier alpha value is -1.75. The van der Waals surface area contributed by atoms with Gasteiger partial charge in [-0.1, -0.05) is 13.8 Å². The molecule has 0 radical (unpaired) electrons. The molecule has 0 unspecified atom stereocenters. The molecule has 1 aromatic carbocycles. The molecule has 0 aliphatic rings. The van der Waals surface area contributed by atoms with Crippen LogP contribution in [-0.2, 0) is 4.79 Å². The number of carbonyl (C=O) groups excluding carboxylic acids is 1. The third-order valence-electron chi connectivity index (χ3n) is 3.09. The number of nitrogen functional groups attached to an aromatic ring is 1. The molecule has 1 aromatic rings. The summed E-state index contributed by atoms with van der Waals surface area (Å²) >= 11 is 0. The average molecular weight is 293 g/mol. The Labute approximate surface area is 127 Å². The lowest BCUT2D eigenvalue weighted by Crippen LogP contribution is -2.30. The van der Waals surface area contributed by atoms with E-state index < -0.39 is 5.60 Å². The first-order valence-electron chi connectivity index (χ1n) is 7.22. The fraction of sp³-hybridized carbons (Fsp3) is 0.562. The van der Waals surface area contributed by atoms with E-state index in [1.54, 1.807) is 31.9 Å². The summed E-state index contributed by atoms with van der Waals surface area (Å²) in [6.07, 6.45) is 0.509. The van der Waals surface area contributed by atoms with E-state index in [0.717, 1.165) is 11.4 Å². The quantitative estimate of drug-likeness (QED) is 0.704. The zero-order valence-electron chi connectivity index (χ0n) is 13.6. The molecule has 1 amide bonds. The minimum atomic E-state index is -0.810. The SMILES string of the molecule is CC(C)CC(=O)N(C)c1ccc(NCC(C)(C)O)c(N)c1. The maximum atomic E-state index is 12.0. The van der Waals surface area contributed by atoms with Crippen molar-refractivity contribution in [3.05, 3.63) is 18.2 Å². The monoisotopic (exact) mass is 293 g/mol. The Morgan fingerprint density at radius 2 is 2.05 bits per heavy atom. The summed E-state index contributed by atoms with van der Waals surface area (Å²) < 4.78 is 0. The summed E-state index contributed by atoms with van der Waals surface area (Å²) in [7, 11) is 1.75. The highest BCUT2D eigenvalue weighted by Gasteiger charge is 2.15. The summed E-state index contributed by atoms with van der Waals surface area (Å²) in [5, 5.41) is 12.8. The van der Waals surface area contributed by atoms with Crippen molar-refractivity contribution in [3.8, 4) is 0 Å². The minimum Gasteiger partial charge on any atom is -0.397 e. The maximum Gasteiger partial charge on any atom is 0.226 e. The molecule has 21 heavy (non-hydrogen) atoms. The number of aliphatic hydroxyl groups is 1. The van der Waals surface area contributed by atoms with Crippen molar-refractivity contribution in [2.24, 2.45) is 5.92 Å². The zero-order valence-corrected chi connectivity index (χ0v) is 13.6. The van der Waals surface area contributed by atoms with Crippen molar-refractivity contribution in [3.63, 3.8) is 0 Å². The van der Waals surface area contributed by atoms with E-state index in [2.05, 4.69) is 5.32 Å². The lowest BCUT2D eigenvalue weighted by atomic mass is 10.1. The summed E-state index contributed by atoms with van der Waals surface area (Å²) in [5.41, 5.74) is 7.28. The number of hydrogen-bond acceptors (Lipinski definition) is 4. The van der Waals surface area contributed by atoms with Crippen LogP contribution in [0, 0.1) is 5.92 Å². The van der Waals surface area contributed by atoms with Gasteiger partial charge in [-0.05, 0) is 38.0 Å². The van der Waals surface area contributed by atoms with Crippen molar-refractivity contribution in [2.75, 3.05) is 29.5 Å². The molecule has 0 aliphatic carbocycles. The minimum absolute atomic E-state index is 0.0709. The molecule has 4 N–H and O–H groups in total. The fourth-order valence-electron chi connectivity index (χ4n) is 1.86. The Bertz CT molecular complexity index is 493. The van der Waals surface area contributed by atoms with Crippen LogP contribution in [0.5, 0.6) is 0 Å². The summed E-state index contributed by atoms with van der Waals surface area (Å²) in [6.45, 7) is 7.89. The number of amides is 1. The van der Waals surface area contributed by atoms with Crippen LogP contribution >= 0.6 is 0 Å². The zero-order chi connectivity index (χ0) is 16.2. The third kappa shape index (κ3) is 5.63. The second-order valence-corrected chi connectivity index (χ2v) is 6.49. The number of carbonyl (C=O) groups is 1. The van der Waals surface area contributed by atoms with Gasteiger partial charge in [-0.25, -0.2) is 0 Å². The molecule has 0 aromatic heterocycles. The fourth-order valence-corrected chi connectivity index (χ4v) is 1.86. The van der Waals surface area contributed by atoms with E-state index in [-0.39, 0.29) is 5.91 Å². The van der Waals surface area contributed by atoms with Gasteiger partial charge in [-0.2, -0.15) is 0 Å². The lowest BCUT2D eigenvalue weighted by molar-refractivity contribution is -0.119. The number of nitrogens with two attached hydrogens (primary N) is 1. The number of nitrogens with zero attached hydrogens (tertiary/aromatic N) is 1. The van der Waals surface area contributed by atoms with Crippen LogP contribution < -0.4 is 16.0 Å². The van der Waals surface area contributed by atoms with E-state index in [4.69, 9.17) is 5.73 Å². The Balaban J connectivity index is 2.80. The van der Waals surface area contributed by atoms with Gasteiger partial charge in [0.15, 0.2) is 0 Å². The lowest BCUT2D eigenvalue weighted by Gasteiger charge is -2.22. The summed E-state index contributed by atoms with van der Waals surface area (Å²) in [6, 6.07) is 5.45. The van der Waals surface area contributed by atoms with Crippen molar-refractivity contribution >= 4 is 23.0 Å². The number of anilines is 3. The van der Waals surface area contributed by atoms with E-state index in [1.165, 1.54) is 0 Å². The molecule has 0 atom stereocenters. The van der Waals surface area contributed by atoms with E-state index in [1.807, 2.05) is 26.0 Å². The Kier molecular flexibility index (Phi) is 5.61. The molecule has 0 saturated carbocycles. The van der Waals surface area contributed by atoms with Gasteiger partial charge in [-0.15, -0.1) is 0 Å². The van der Waals surface area contributed by atoms with Crippen LogP contribution in [0.1, 0.15) is 34.1 Å². The summed E-state index contributed by atoms with van der Waals surface area (Å²) in [4.78, 5) is 13.7. The molecule has 5 nitrogen and oxygen atoms in total. The van der Waals surface area contributed by atoms with Gasteiger partial charge in [0.1, 0.15) is 0 Å². The number of hydrogen-bond donors (Lipinski definition) is 3. The van der Waals surface area contributed by atoms with Crippen LogP contribution in [0.4, 0.5) is 17.1 Å². The molecule has 0 heterocycles. The molecule has 5 heteroatoms. The van der Waals surface area contributed by atoms with Crippen molar-refractivity contribution in [1.29, 1.82) is 0 Å². The molecular formula is C16H27N3O2. The topological polar surface area (TPSA) is 78.6 Å². The van der Waals surface area contributed by atoms with Crippen LogP contribution in [0.2, 0.25) is 0 Å². The molecule has 0 spiro atoms. The smallest absolute Gasteiger partial charge is 0.226 e. The highest BCUT2D eigenvalue weighted by atomic mass is 16.3. The van der Waals surface area contributed by atoms with Crippen LogP contribution in [0.15, 0.2) is 18.2 Å². The molecule has 0 bridgehead atoms. The second kappa shape index (κ2) is 6.80. The Morgan fingerprint density at radius 3 is 2.52 bits per heavy atom. The predicted molar refractivity (Wildman–Crippen MR) is 88.5 cm³/mol. The number of nitrogens with one attached hydrogen (secondary N) is 1. The van der Waals surface area contributed by atoms with Crippen LogP contribution in [0.3, 0.4) is 0 Å². The van der Waals surface area contributed by atoms with Gasteiger partial charge in [0, 0.05) is 25.7 Å². The molecule has 0 aliphatic heterocycles.